The van der Waals surface area contributed by atoms with Crippen LogP contribution in [0.1, 0.15) is 5.56 Å². The molecule has 0 unspecified atom stereocenters. The van der Waals surface area contributed by atoms with Crippen molar-refractivity contribution >= 4 is 19.2 Å². The van der Waals surface area contributed by atoms with Gasteiger partial charge in [0.2, 0.25) is 0 Å². The molecule has 90 valence electrons. The van der Waals surface area contributed by atoms with Gasteiger partial charge in [0.05, 0.1) is 0 Å². The molecule has 0 bridgehead atoms. The molecule has 0 aliphatic heterocycles. The van der Waals surface area contributed by atoms with Gasteiger partial charge in [-0.05, 0) is 12.1 Å². The molecular formula is C9H10ClF2O3P. The lowest BCUT2D eigenvalue weighted by molar-refractivity contribution is 0.0454. The summed E-state index contributed by atoms with van der Waals surface area (Å²) in [7, 11) is -2.68. The molecule has 0 saturated carbocycles. The maximum Gasteiger partial charge on any atom is 0.403 e. The van der Waals surface area contributed by atoms with Crippen LogP contribution in [0.25, 0.3) is 0 Å². The second kappa shape index (κ2) is 4.80. The van der Waals surface area contributed by atoms with Crippen LogP contribution < -0.4 is 0 Å². The normalized spacial score (nSPS) is 12.8. The highest BCUT2D eigenvalue weighted by Crippen LogP contribution is 2.65. The number of hydrogen-bond acceptors (Lipinski definition) is 3. The van der Waals surface area contributed by atoms with E-state index in [9.17, 15) is 13.3 Å². The summed E-state index contributed by atoms with van der Waals surface area (Å²) in [5.74, 6) is 0. The Bertz CT molecular complexity index is 400. The van der Waals surface area contributed by atoms with Gasteiger partial charge in [-0.3, -0.25) is 4.57 Å². The molecule has 1 aromatic carbocycles. The summed E-state index contributed by atoms with van der Waals surface area (Å²) in [6, 6.07) is 4.71. The second-order valence-electron chi connectivity index (χ2n) is 2.91. The summed E-state index contributed by atoms with van der Waals surface area (Å²) in [5, 5.41) is 0.309. The van der Waals surface area contributed by atoms with Gasteiger partial charge in [0.15, 0.2) is 0 Å². The van der Waals surface area contributed by atoms with Gasteiger partial charge in [-0.1, -0.05) is 23.7 Å². The Hall–Kier alpha value is -0.480. The third kappa shape index (κ3) is 2.28. The first-order valence-electron chi connectivity index (χ1n) is 4.23. The Morgan fingerprint density at radius 1 is 1.19 bits per heavy atom. The van der Waals surface area contributed by atoms with Crippen LogP contribution in [-0.2, 0) is 19.3 Å². The lowest BCUT2D eigenvalue weighted by atomic mass is 10.2. The van der Waals surface area contributed by atoms with Crippen molar-refractivity contribution in [3.63, 3.8) is 0 Å². The highest BCUT2D eigenvalue weighted by molar-refractivity contribution is 7.54. The summed E-state index contributed by atoms with van der Waals surface area (Å²) >= 11 is 5.57. The maximum atomic E-state index is 13.8. The quantitative estimate of drug-likeness (QED) is 0.779. The molecular weight excluding hydrogens is 261 g/mol. The van der Waals surface area contributed by atoms with Crippen LogP contribution in [0.15, 0.2) is 24.3 Å². The van der Waals surface area contributed by atoms with E-state index in [1.54, 1.807) is 0 Å². The minimum atomic E-state index is -4.50. The zero-order chi connectivity index (χ0) is 12.4. The molecule has 0 saturated heterocycles. The average Bonchev–Trinajstić information content (AvgIpc) is 2.28. The Kier molecular flexibility index (Phi) is 4.07. The van der Waals surface area contributed by atoms with Gasteiger partial charge in [-0.2, -0.15) is 8.78 Å². The highest BCUT2D eigenvalue weighted by atomic mass is 35.5. The number of benzene rings is 1. The molecule has 1 aromatic rings. The lowest BCUT2D eigenvalue weighted by Crippen LogP contribution is -2.16. The Morgan fingerprint density at radius 2 is 1.62 bits per heavy atom. The molecule has 0 spiro atoms. The van der Waals surface area contributed by atoms with Crippen LogP contribution >= 0.6 is 19.2 Å². The summed E-state index contributed by atoms with van der Waals surface area (Å²) in [6.45, 7) is 0. The maximum absolute atomic E-state index is 13.8. The van der Waals surface area contributed by atoms with Gasteiger partial charge in [0.25, 0.3) is 0 Å². The summed E-state index contributed by atoms with van der Waals surface area (Å²) in [4.78, 5) is 0. The largest absolute Gasteiger partial charge is 0.403 e. The molecule has 0 amide bonds. The smallest absolute Gasteiger partial charge is 0.308 e. The lowest BCUT2D eigenvalue weighted by Gasteiger charge is -2.23. The Labute approximate surface area is 96.9 Å². The van der Waals surface area contributed by atoms with Crippen molar-refractivity contribution < 1.29 is 22.4 Å². The first-order chi connectivity index (χ1) is 7.37. The number of halogens is 3. The molecule has 0 fully saturated rings. The van der Waals surface area contributed by atoms with Gasteiger partial charge in [-0.25, -0.2) is 0 Å². The molecule has 0 aliphatic rings. The predicted molar refractivity (Wildman–Crippen MR) is 57.0 cm³/mol. The third-order valence-electron chi connectivity index (χ3n) is 2.02. The molecule has 0 radical (unpaired) electrons. The number of rotatable bonds is 4. The van der Waals surface area contributed by atoms with Crippen molar-refractivity contribution in [3.05, 3.63) is 34.9 Å². The summed E-state index contributed by atoms with van der Waals surface area (Å²) in [6.07, 6.45) is 0. The Balaban J connectivity index is 3.19. The second-order valence-corrected chi connectivity index (χ2v) is 5.63. The molecule has 16 heavy (non-hydrogen) atoms. The summed E-state index contributed by atoms with van der Waals surface area (Å²) < 4.78 is 47.8. The number of hydrogen-bond donors (Lipinski definition) is 0. The molecule has 1 rings (SSSR count). The molecule has 0 N–H and O–H groups in total. The van der Waals surface area contributed by atoms with Gasteiger partial charge < -0.3 is 9.05 Å². The van der Waals surface area contributed by atoms with Crippen molar-refractivity contribution in [2.45, 2.75) is 5.66 Å². The van der Waals surface area contributed by atoms with Crippen molar-refractivity contribution in [3.8, 4) is 0 Å². The fourth-order valence-corrected chi connectivity index (χ4v) is 2.31. The van der Waals surface area contributed by atoms with Crippen LogP contribution in [0.4, 0.5) is 8.78 Å². The van der Waals surface area contributed by atoms with E-state index in [2.05, 4.69) is 9.05 Å². The molecule has 0 heterocycles. The molecule has 0 atom stereocenters. The van der Waals surface area contributed by atoms with Crippen LogP contribution in [0.2, 0.25) is 5.02 Å². The van der Waals surface area contributed by atoms with Gasteiger partial charge >= 0.3 is 13.3 Å². The van der Waals surface area contributed by atoms with E-state index >= 15 is 0 Å². The summed E-state index contributed by atoms with van der Waals surface area (Å²) in [5.41, 5.74) is -4.18. The van der Waals surface area contributed by atoms with Crippen LogP contribution in [-0.4, -0.2) is 14.2 Å². The zero-order valence-electron chi connectivity index (χ0n) is 8.62. The topological polar surface area (TPSA) is 35.5 Å². The van der Waals surface area contributed by atoms with Crippen LogP contribution in [0.3, 0.4) is 0 Å². The van der Waals surface area contributed by atoms with Crippen LogP contribution in [0.5, 0.6) is 0 Å². The van der Waals surface area contributed by atoms with Crippen molar-refractivity contribution in [2.24, 2.45) is 0 Å². The van der Waals surface area contributed by atoms with Crippen molar-refractivity contribution in [1.29, 1.82) is 0 Å². The highest BCUT2D eigenvalue weighted by Gasteiger charge is 2.53. The molecule has 0 aromatic heterocycles. The molecule has 7 heteroatoms. The van der Waals surface area contributed by atoms with Gasteiger partial charge in [0, 0.05) is 24.8 Å². The zero-order valence-corrected chi connectivity index (χ0v) is 10.3. The van der Waals surface area contributed by atoms with Crippen molar-refractivity contribution in [2.75, 3.05) is 14.2 Å². The van der Waals surface area contributed by atoms with E-state index in [1.165, 1.54) is 12.1 Å². The Morgan fingerprint density at radius 3 is 2.00 bits per heavy atom. The van der Waals surface area contributed by atoms with E-state index < -0.39 is 18.8 Å². The van der Waals surface area contributed by atoms with E-state index in [-0.39, 0.29) is 0 Å². The van der Waals surface area contributed by atoms with E-state index in [0.29, 0.717) is 5.02 Å². The minimum Gasteiger partial charge on any atom is -0.308 e. The number of alkyl halides is 2. The predicted octanol–water partition coefficient (Wildman–Crippen LogP) is 3.88. The monoisotopic (exact) mass is 270 g/mol. The van der Waals surface area contributed by atoms with Gasteiger partial charge in [-0.15, -0.1) is 0 Å². The van der Waals surface area contributed by atoms with Crippen LogP contribution in [0, 0.1) is 0 Å². The molecule has 3 nitrogen and oxygen atoms in total. The minimum absolute atomic E-state index is 0.309. The van der Waals surface area contributed by atoms with E-state index in [1.807, 2.05) is 0 Å². The first-order valence-corrected chi connectivity index (χ1v) is 6.15. The fourth-order valence-electron chi connectivity index (χ4n) is 1.11. The third-order valence-corrected chi connectivity index (χ3v) is 4.18. The van der Waals surface area contributed by atoms with E-state index in [0.717, 1.165) is 26.4 Å². The first kappa shape index (κ1) is 13.6. The fraction of sp³-hybridized carbons (Fsp3) is 0.333. The average molecular weight is 271 g/mol. The van der Waals surface area contributed by atoms with E-state index in [4.69, 9.17) is 11.6 Å². The van der Waals surface area contributed by atoms with Crippen molar-refractivity contribution in [1.82, 2.24) is 0 Å². The van der Waals surface area contributed by atoms with Gasteiger partial charge in [0.1, 0.15) is 0 Å². The standard InChI is InChI=1S/C9H10ClF2O3P/c1-14-16(13,15-2)9(11,12)7-3-5-8(10)6-4-7/h3-6H,1-2H3. The SMILES string of the molecule is COP(=O)(OC)C(F)(F)c1ccc(Cl)cc1. The molecule has 0 aliphatic carbocycles.